The maximum Gasteiger partial charge on any atom is 0.306 e. The Morgan fingerprint density at radius 3 is 2.17 bits per heavy atom. The summed E-state index contributed by atoms with van der Waals surface area (Å²) in [7, 11) is 0. The van der Waals surface area contributed by atoms with Gasteiger partial charge in [0, 0.05) is 12.0 Å². The zero-order valence-electron chi connectivity index (χ0n) is 9.63. The minimum atomic E-state index is -1.63. The largest absolute Gasteiger partial charge is 0.466 e. The van der Waals surface area contributed by atoms with E-state index in [0.29, 0.717) is 12.1 Å². The van der Waals surface area contributed by atoms with Crippen LogP contribution in [0.1, 0.15) is 30.1 Å². The van der Waals surface area contributed by atoms with Crippen molar-refractivity contribution in [2.45, 2.75) is 19.8 Å². The Morgan fingerprint density at radius 1 is 1.11 bits per heavy atom. The maximum absolute atomic E-state index is 12.9. The van der Waals surface area contributed by atoms with Gasteiger partial charge in [0.05, 0.1) is 13.0 Å². The van der Waals surface area contributed by atoms with E-state index < -0.39 is 29.2 Å². The molecule has 1 rings (SSSR count). The molecule has 0 saturated carbocycles. The van der Waals surface area contributed by atoms with E-state index in [2.05, 4.69) is 4.74 Å². The van der Waals surface area contributed by atoms with E-state index in [0.717, 1.165) is 0 Å². The van der Waals surface area contributed by atoms with Gasteiger partial charge in [-0.2, -0.15) is 0 Å². The van der Waals surface area contributed by atoms with Gasteiger partial charge in [0.15, 0.2) is 23.2 Å². The molecule has 0 unspecified atom stereocenters. The third-order valence-corrected chi connectivity index (χ3v) is 2.17. The van der Waals surface area contributed by atoms with Crippen LogP contribution in [0.3, 0.4) is 0 Å². The Bertz CT molecular complexity index is 449. The average Bonchev–Trinajstić information content (AvgIpc) is 2.32. The molecule has 6 heteroatoms. The van der Waals surface area contributed by atoms with Crippen LogP contribution in [0.25, 0.3) is 0 Å². The van der Waals surface area contributed by atoms with Crippen LogP contribution in [-0.4, -0.2) is 18.4 Å². The van der Waals surface area contributed by atoms with Crippen LogP contribution in [0.4, 0.5) is 13.2 Å². The highest BCUT2D eigenvalue weighted by molar-refractivity contribution is 5.97. The first-order valence-corrected chi connectivity index (χ1v) is 5.29. The molecule has 0 atom stereocenters. The second-order valence-electron chi connectivity index (χ2n) is 3.48. The lowest BCUT2D eigenvalue weighted by atomic mass is 10.1. The highest BCUT2D eigenvalue weighted by atomic mass is 19.2. The van der Waals surface area contributed by atoms with Crippen molar-refractivity contribution in [3.05, 3.63) is 35.1 Å². The summed E-state index contributed by atoms with van der Waals surface area (Å²) in [5.41, 5.74) is -0.310. The fourth-order valence-corrected chi connectivity index (χ4v) is 1.31. The predicted molar refractivity (Wildman–Crippen MR) is 56.5 cm³/mol. The van der Waals surface area contributed by atoms with E-state index in [9.17, 15) is 22.8 Å². The number of esters is 1. The fraction of sp³-hybridized carbons (Fsp3) is 0.333. The average molecular weight is 260 g/mol. The molecular weight excluding hydrogens is 249 g/mol. The first-order chi connectivity index (χ1) is 8.45. The SMILES string of the molecule is CCOC(=O)CCC(=O)c1cc(F)c(F)c(F)c1. The second-order valence-corrected chi connectivity index (χ2v) is 3.48. The van der Waals surface area contributed by atoms with Gasteiger partial charge in [0.1, 0.15) is 0 Å². The number of benzene rings is 1. The molecule has 0 spiro atoms. The molecule has 0 saturated heterocycles. The van der Waals surface area contributed by atoms with Crippen molar-refractivity contribution in [3.8, 4) is 0 Å². The van der Waals surface area contributed by atoms with Gasteiger partial charge in [-0.3, -0.25) is 9.59 Å². The Morgan fingerprint density at radius 2 is 1.67 bits per heavy atom. The molecule has 0 N–H and O–H groups in total. The van der Waals surface area contributed by atoms with Gasteiger partial charge in [-0.25, -0.2) is 13.2 Å². The number of carbonyl (C=O) groups excluding carboxylic acids is 2. The molecule has 1 aromatic rings. The lowest BCUT2D eigenvalue weighted by Crippen LogP contribution is -2.09. The van der Waals surface area contributed by atoms with E-state index in [-0.39, 0.29) is 25.0 Å². The topological polar surface area (TPSA) is 43.4 Å². The van der Waals surface area contributed by atoms with Crippen LogP contribution in [0, 0.1) is 17.5 Å². The Hall–Kier alpha value is -1.85. The maximum atomic E-state index is 12.9. The first-order valence-electron chi connectivity index (χ1n) is 5.29. The molecule has 98 valence electrons. The number of carbonyl (C=O) groups is 2. The summed E-state index contributed by atoms with van der Waals surface area (Å²) in [6.45, 7) is 1.80. The van der Waals surface area contributed by atoms with E-state index in [1.807, 2.05) is 0 Å². The molecule has 1 aromatic carbocycles. The molecule has 0 heterocycles. The summed E-state index contributed by atoms with van der Waals surface area (Å²) >= 11 is 0. The lowest BCUT2D eigenvalue weighted by Gasteiger charge is -2.03. The van der Waals surface area contributed by atoms with Crippen LogP contribution >= 0.6 is 0 Å². The van der Waals surface area contributed by atoms with Crippen molar-refractivity contribution in [1.29, 1.82) is 0 Å². The Labute approximate surface area is 102 Å². The summed E-state index contributed by atoms with van der Waals surface area (Å²) in [5.74, 6) is -5.73. The summed E-state index contributed by atoms with van der Waals surface area (Å²) in [6.07, 6.45) is -0.434. The van der Waals surface area contributed by atoms with Gasteiger partial charge >= 0.3 is 5.97 Å². The number of ketones is 1. The van der Waals surface area contributed by atoms with Gasteiger partial charge in [-0.1, -0.05) is 0 Å². The molecule has 3 nitrogen and oxygen atoms in total. The zero-order valence-corrected chi connectivity index (χ0v) is 9.63. The second kappa shape index (κ2) is 6.18. The van der Waals surface area contributed by atoms with Crippen LogP contribution in [0.5, 0.6) is 0 Å². The molecule has 0 fully saturated rings. The van der Waals surface area contributed by atoms with Crippen LogP contribution < -0.4 is 0 Å². The van der Waals surface area contributed by atoms with Crippen LogP contribution in [-0.2, 0) is 9.53 Å². The van der Waals surface area contributed by atoms with Crippen molar-refractivity contribution in [1.82, 2.24) is 0 Å². The fourth-order valence-electron chi connectivity index (χ4n) is 1.31. The smallest absolute Gasteiger partial charge is 0.306 e. The number of hydrogen-bond acceptors (Lipinski definition) is 3. The molecular formula is C12H11F3O3. The number of halogens is 3. The monoisotopic (exact) mass is 260 g/mol. The van der Waals surface area contributed by atoms with E-state index in [4.69, 9.17) is 0 Å². The lowest BCUT2D eigenvalue weighted by molar-refractivity contribution is -0.143. The van der Waals surface area contributed by atoms with Gasteiger partial charge in [0.2, 0.25) is 0 Å². The number of Topliss-reactive ketones (excluding diaryl/α,β-unsaturated/α-hetero) is 1. The third kappa shape index (κ3) is 3.58. The molecule has 0 bridgehead atoms. The van der Waals surface area contributed by atoms with Gasteiger partial charge < -0.3 is 4.74 Å². The van der Waals surface area contributed by atoms with Crippen molar-refractivity contribution in [2.24, 2.45) is 0 Å². The van der Waals surface area contributed by atoms with E-state index in [1.165, 1.54) is 0 Å². The Kier molecular flexibility index (Phi) is 4.88. The van der Waals surface area contributed by atoms with Crippen molar-refractivity contribution in [3.63, 3.8) is 0 Å². The molecule has 0 aliphatic carbocycles. The summed E-state index contributed by atoms with van der Waals surface area (Å²) in [5, 5.41) is 0. The predicted octanol–water partition coefficient (Wildman–Crippen LogP) is 2.63. The minimum absolute atomic E-state index is 0.187. The quantitative estimate of drug-likeness (QED) is 0.464. The van der Waals surface area contributed by atoms with Gasteiger partial charge in [-0.15, -0.1) is 0 Å². The van der Waals surface area contributed by atoms with Gasteiger partial charge in [-0.05, 0) is 19.1 Å². The van der Waals surface area contributed by atoms with E-state index in [1.54, 1.807) is 6.92 Å². The highest BCUT2D eigenvalue weighted by Gasteiger charge is 2.16. The normalized spacial score (nSPS) is 10.2. The minimum Gasteiger partial charge on any atom is -0.466 e. The molecule has 0 aliphatic heterocycles. The van der Waals surface area contributed by atoms with Crippen LogP contribution in [0.2, 0.25) is 0 Å². The molecule has 18 heavy (non-hydrogen) atoms. The van der Waals surface area contributed by atoms with Crippen molar-refractivity contribution < 1.29 is 27.5 Å². The molecule has 0 amide bonds. The van der Waals surface area contributed by atoms with Crippen molar-refractivity contribution in [2.75, 3.05) is 6.61 Å². The number of rotatable bonds is 5. The molecule has 0 radical (unpaired) electrons. The number of hydrogen-bond donors (Lipinski definition) is 0. The third-order valence-electron chi connectivity index (χ3n) is 2.17. The number of ether oxygens (including phenoxy) is 1. The summed E-state index contributed by atoms with van der Waals surface area (Å²) in [4.78, 5) is 22.5. The zero-order chi connectivity index (χ0) is 13.7. The highest BCUT2D eigenvalue weighted by Crippen LogP contribution is 2.15. The van der Waals surface area contributed by atoms with Gasteiger partial charge in [0.25, 0.3) is 0 Å². The Balaban J connectivity index is 2.70. The standard InChI is InChI=1S/C12H11F3O3/c1-2-18-11(17)4-3-10(16)7-5-8(13)12(15)9(14)6-7/h5-6H,2-4H2,1H3. The molecule has 0 aromatic heterocycles. The van der Waals surface area contributed by atoms with E-state index >= 15 is 0 Å². The molecule has 0 aliphatic rings. The summed E-state index contributed by atoms with van der Waals surface area (Å²) in [6, 6.07) is 1.21. The summed E-state index contributed by atoms with van der Waals surface area (Å²) < 4.78 is 43.0. The first kappa shape index (κ1) is 14.2. The van der Waals surface area contributed by atoms with Crippen molar-refractivity contribution >= 4 is 11.8 Å². The van der Waals surface area contributed by atoms with Crippen LogP contribution in [0.15, 0.2) is 12.1 Å².